The van der Waals surface area contributed by atoms with E-state index in [0.717, 1.165) is 32.1 Å². The molecule has 10 heteroatoms. The summed E-state index contributed by atoms with van der Waals surface area (Å²) in [5, 5.41) is 11.0. The summed E-state index contributed by atoms with van der Waals surface area (Å²) in [6.07, 6.45) is 3.94. The van der Waals surface area contributed by atoms with E-state index in [1.807, 2.05) is 4.90 Å². The minimum atomic E-state index is -0.368. The number of piperazine rings is 1. The molecule has 1 aliphatic heterocycles. The molecule has 1 aromatic carbocycles. The molecule has 2 N–H and O–H groups in total. The van der Waals surface area contributed by atoms with Crippen molar-refractivity contribution in [1.82, 2.24) is 14.9 Å². The Balaban J connectivity index is 0.00000261. The summed E-state index contributed by atoms with van der Waals surface area (Å²) in [6.45, 7) is 3.42. The van der Waals surface area contributed by atoms with Crippen LogP contribution in [0.5, 0.6) is 0 Å². The lowest BCUT2D eigenvalue weighted by Gasteiger charge is -2.35. The van der Waals surface area contributed by atoms with E-state index in [-0.39, 0.29) is 34.6 Å². The van der Waals surface area contributed by atoms with Gasteiger partial charge in [-0.2, -0.15) is 0 Å². The molecule has 0 amide bonds. The maximum absolute atomic E-state index is 11.0. The maximum atomic E-state index is 11.0. The van der Waals surface area contributed by atoms with Crippen LogP contribution in [0.25, 0.3) is 0 Å². The third-order valence-corrected chi connectivity index (χ3v) is 4.28. The normalized spacial score (nSPS) is 14.6. The molecule has 1 fully saturated rings. The van der Waals surface area contributed by atoms with Crippen LogP contribution in [-0.4, -0.2) is 58.5 Å². The number of anilines is 1. The molecule has 0 bridgehead atoms. The van der Waals surface area contributed by atoms with Crippen LogP contribution < -0.4 is 10.6 Å². The van der Waals surface area contributed by atoms with Crippen molar-refractivity contribution >= 4 is 41.6 Å². The van der Waals surface area contributed by atoms with Crippen molar-refractivity contribution in [1.29, 1.82) is 0 Å². The van der Waals surface area contributed by atoms with E-state index in [1.165, 1.54) is 6.07 Å². The summed E-state index contributed by atoms with van der Waals surface area (Å²) in [5.41, 5.74) is 6.88. The Hall–Kier alpha value is -2.50. The molecule has 27 heavy (non-hydrogen) atoms. The number of benzene rings is 1. The van der Waals surface area contributed by atoms with Crippen LogP contribution in [-0.2, 0) is 6.42 Å². The first-order valence-electron chi connectivity index (χ1n) is 8.44. The molecule has 1 aromatic heterocycles. The van der Waals surface area contributed by atoms with Crippen LogP contribution in [0.15, 0.2) is 47.7 Å². The quantitative estimate of drug-likeness (QED) is 0.226. The van der Waals surface area contributed by atoms with Gasteiger partial charge >= 0.3 is 0 Å². The molecule has 1 saturated heterocycles. The fraction of sp³-hybridized carbons (Fsp3) is 0.353. The van der Waals surface area contributed by atoms with Gasteiger partial charge in [-0.25, -0.2) is 9.97 Å². The second kappa shape index (κ2) is 10.00. The molecule has 0 aliphatic carbocycles. The lowest BCUT2D eigenvalue weighted by molar-refractivity contribution is -0.385. The lowest BCUT2D eigenvalue weighted by atomic mass is 10.1. The largest absolute Gasteiger partial charge is 0.370 e. The van der Waals surface area contributed by atoms with Crippen molar-refractivity contribution in [2.75, 3.05) is 37.6 Å². The van der Waals surface area contributed by atoms with E-state index in [1.54, 1.807) is 36.7 Å². The van der Waals surface area contributed by atoms with Gasteiger partial charge in [0.15, 0.2) is 5.96 Å². The fourth-order valence-corrected chi connectivity index (χ4v) is 2.88. The first-order chi connectivity index (χ1) is 12.6. The summed E-state index contributed by atoms with van der Waals surface area (Å²) < 4.78 is 0. The number of para-hydroxylation sites is 1. The molecule has 0 spiro atoms. The van der Waals surface area contributed by atoms with Crippen molar-refractivity contribution < 1.29 is 4.92 Å². The second-order valence-electron chi connectivity index (χ2n) is 5.90. The monoisotopic (exact) mass is 483 g/mol. The van der Waals surface area contributed by atoms with E-state index in [2.05, 4.69) is 19.9 Å². The molecule has 0 unspecified atom stereocenters. The van der Waals surface area contributed by atoms with Gasteiger partial charge in [-0.15, -0.1) is 24.0 Å². The van der Waals surface area contributed by atoms with Crippen LogP contribution in [0.4, 0.5) is 11.6 Å². The number of nitro groups is 1. The molecule has 0 radical (unpaired) electrons. The standard InChI is InChI=1S/C17H21N7O2.HI/c18-16(19-9-6-14-4-1-2-5-15(14)24(25)26)22-10-12-23(13-11-22)17-20-7-3-8-21-17;/h1-5,7-8H,6,9-13H2,(H2,18,19);1H. The summed E-state index contributed by atoms with van der Waals surface area (Å²) in [7, 11) is 0. The Morgan fingerprint density at radius 3 is 2.48 bits per heavy atom. The number of nitrogens with two attached hydrogens (primary N) is 1. The van der Waals surface area contributed by atoms with E-state index in [9.17, 15) is 10.1 Å². The van der Waals surface area contributed by atoms with Crippen LogP contribution in [0.2, 0.25) is 0 Å². The number of guanidine groups is 1. The van der Waals surface area contributed by atoms with Gasteiger partial charge in [0.2, 0.25) is 5.95 Å². The van der Waals surface area contributed by atoms with Crippen molar-refractivity contribution in [2.24, 2.45) is 10.7 Å². The average molecular weight is 483 g/mol. The minimum absolute atomic E-state index is 0. The Morgan fingerprint density at radius 2 is 1.81 bits per heavy atom. The number of aromatic nitrogens is 2. The Kier molecular flexibility index (Phi) is 7.70. The first kappa shape index (κ1) is 20.8. The van der Waals surface area contributed by atoms with Crippen molar-refractivity contribution in [2.45, 2.75) is 6.42 Å². The average Bonchev–Trinajstić information content (AvgIpc) is 2.69. The van der Waals surface area contributed by atoms with E-state index in [4.69, 9.17) is 5.73 Å². The predicted molar refractivity (Wildman–Crippen MR) is 115 cm³/mol. The predicted octanol–water partition coefficient (Wildman–Crippen LogP) is 1.68. The molecule has 2 aromatic rings. The number of hydrogen-bond acceptors (Lipinski definition) is 6. The number of nitro benzene ring substituents is 1. The number of nitrogens with zero attached hydrogens (tertiary/aromatic N) is 6. The summed E-state index contributed by atoms with van der Waals surface area (Å²) in [4.78, 5) is 27.7. The van der Waals surface area contributed by atoms with E-state index >= 15 is 0 Å². The third kappa shape index (κ3) is 5.49. The third-order valence-electron chi connectivity index (χ3n) is 4.28. The van der Waals surface area contributed by atoms with E-state index < -0.39 is 0 Å². The van der Waals surface area contributed by atoms with Gasteiger partial charge in [0.25, 0.3) is 5.69 Å². The second-order valence-corrected chi connectivity index (χ2v) is 5.90. The Labute approximate surface area is 174 Å². The zero-order valence-electron chi connectivity index (χ0n) is 14.8. The maximum Gasteiger partial charge on any atom is 0.272 e. The number of rotatable bonds is 5. The minimum Gasteiger partial charge on any atom is -0.370 e. The van der Waals surface area contributed by atoms with Crippen molar-refractivity contribution in [3.05, 3.63) is 58.4 Å². The number of hydrogen-bond donors (Lipinski definition) is 1. The molecular weight excluding hydrogens is 461 g/mol. The van der Waals surface area contributed by atoms with Gasteiger partial charge in [-0.3, -0.25) is 15.1 Å². The molecule has 3 rings (SSSR count). The Morgan fingerprint density at radius 1 is 1.15 bits per heavy atom. The van der Waals surface area contributed by atoms with Gasteiger partial charge < -0.3 is 15.5 Å². The molecule has 0 atom stereocenters. The summed E-state index contributed by atoms with van der Waals surface area (Å²) in [5.74, 6) is 1.19. The van der Waals surface area contributed by atoms with Gasteiger partial charge in [0.1, 0.15) is 0 Å². The molecule has 2 heterocycles. The summed E-state index contributed by atoms with van der Waals surface area (Å²) >= 11 is 0. The van der Waals surface area contributed by atoms with Crippen molar-refractivity contribution in [3.63, 3.8) is 0 Å². The van der Waals surface area contributed by atoms with Gasteiger partial charge in [-0.05, 0) is 12.5 Å². The van der Waals surface area contributed by atoms with Crippen LogP contribution in [0.3, 0.4) is 0 Å². The highest BCUT2D eigenvalue weighted by Gasteiger charge is 2.20. The van der Waals surface area contributed by atoms with Gasteiger partial charge in [0, 0.05) is 56.7 Å². The van der Waals surface area contributed by atoms with Crippen LogP contribution in [0.1, 0.15) is 5.56 Å². The van der Waals surface area contributed by atoms with E-state index in [0.29, 0.717) is 24.5 Å². The first-order valence-corrected chi connectivity index (χ1v) is 8.44. The van der Waals surface area contributed by atoms with Crippen molar-refractivity contribution in [3.8, 4) is 0 Å². The highest BCUT2D eigenvalue weighted by atomic mass is 127. The fourth-order valence-electron chi connectivity index (χ4n) is 2.88. The van der Waals surface area contributed by atoms with Crippen LogP contribution in [0, 0.1) is 10.1 Å². The Bertz CT molecular complexity index is 780. The molecule has 1 aliphatic rings. The number of halogens is 1. The van der Waals surface area contributed by atoms with Gasteiger partial charge in [0.05, 0.1) is 4.92 Å². The molecule has 144 valence electrons. The smallest absolute Gasteiger partial charge is 0.272 e. The topological polar surface area (TPSA) is 114 Å². The zero-order valence-corrected chi connectivity index (χ0v) is 17.1. The SMILES string of the molecule is I.NC(=NCCc1ccccc1[N+](=O)[O-])N1CCN(c2ncccn2)CC1. The van der Waals surface area contributed by atoms with Crippen LogP contribution >= 0.6 is 24.0 Å². The molecular formula is C17H22IN7O2. The van der Waals surface area contributed by atoms with Gasteiger partial charge in [-0.1, -0.05) is 18.2 Å². The zero-order chi connectivity index (χ0) is 18.4. The highest BCUT2D eigenvalue weighted by Crippen LogP contribution is 2.18. The molecule has 0 saturated carbocycles. The highest BCUT2D eigenvalue weighted by molar-refractivity contribution is 14.0. The molecule has 9 nitrogen and oxygen atoms in total. The number of aliphatic imine (C=N–C) groups is 1. The lowest BCUT2D eigenvalue weighted by Crippen LogP contribution is -2.51. The summed E-state index contributed by atoms with van der Waals surface area (Å²) in [6, 6.07) is 8.51.